The summed E-state index contributed by atoms with van der Waals surface area (Å²) in [5, 5.41) is 3.13. The summed E-state index contributed by atoms with van der Waals surface area (Å²) in [5.41, 5.74) is 5.88. The molecule has 0 unspecified atom stereocenters. The second-order valence-corrected chi connectivity index (χ2v) is 8.93. The van der Waals surface area contributed by atoms with Crippen molar-refractivity contribution in [3.05, 3.63) is 30.3 Å². The number of piperidine rings is 1. The Labute approximate surface area is 151 Å². The topological polar surface area (TPSA) is 87.8 Å². The van der Waals surface area contributed by atoms with Crippen molar-refractivity contribution in [2.45, 2.75) is 38.0 Å². The van der Waals surface area contributed by atoms with E-state index in [0.717, 1.165) is 25.8 Å². The van der Waals surface area contributed by atoms with Crippen LogP contribution in [0.4, 0.5) is 0 Å². The molecule has 1 aliphatic heterocycles. The number of aliphatic imine (C=N–C) groups is 1. The van der Waals surface area contributed by atoms with E-state index in [-0.39, 0.29) is 0 Å². The number of benzene rings is 1. The van der Waals surface area contributed by atoms with E-state index in [1.807, 2.05) is 6.07 Å². The van der Waals surface area contributed by atoms with Crippen molar-refractivity contribution in [2.24, 2.45) is 22.6 Å². The van der Waals surface area contributed by atoms with E-state index in [4.69, 9.17) is 5.73 Å². The first-order valence-electron chi connectivity index (χ1n) is 8.98. The minimum absolute atomic E-state index is 0.366. The van der Waals surface area contributed by atoms with Gasteiger partial charge in [0.1, 0.15) is 0 Å². The minimum atomic E-state index is -3.38. The first-order valence-corrected chi connectivity index (χ1v) is 10.4. The number of rotatable bonds is 7. The Kier molecular flexibility index (Phi) is 7.25. The molecule has 0 aliphatic carbocycles. The first-order chi connectivity index (χ1) is 11.9. The van der Waals surface area contributed by atoms with Gasteiger partial charge in [0.25, 0.3) is 0 Å². The van der Waals surface area contributed by atoms with Gasteiger partial charge in [0.2, 0.25) is 10.0 Å². The van der Waals surface area contributed by atoms with Gasteiger partial charge in [0, 0.05) is 26.2 Å². The van der Waals surface area contributed by atoms with E-state index in [1.54, 1.807) is 28.6 Å². The van der Waals surface area contributed by atoms with Crippen LogP contribution < -0.4 is 11.1 Å². The summed E-state index contributed by atoms with van der Waals surface area (Å²) in [6.07, 6.45) is 2.69. The number of sulfonamides is 1. The van der Waals surface area contributed by atoms with Gasteiger partial charge in [0.15, 0.2) is 5.96 Å². The van der Waals surface area contributed by atoms with E-state index in [9.17, 15) is 8.42 Å². The normalized spacial score (nSPS) is 17.8. The van der Waals surface area contributed by atoms with Crippen molar-refractivity contribution in [1.29, 1.82) is 0 Å². The number of guanidine groups is 1. The summed E-state index contributed by atoms with van der Waals surface area (Å²) in [5.74, 6) is 1.50. The quantitative estimate of drug-likeness (QED) is 0.571. The van der Waals surface area contributed by atoms with Crippen LogP contribution in [-0.4, -0.2) is 44.9 Å². The molecule has 3 N–H and O–H groups in total. The van der Waals surface area contributed by atoms with Crippen LogP contribution in [0.15, 0.2) is 40.2 Å². The molecule has 1 aromatic rings. The van der Waals surface area contributed by atoms with E-state index in [1.165, 1.54) is 0 Å². The summed E-state index contributed by atoms with van der Waals surface area (Å²) in [6, 6.07) is 8.63. The Morgan fingerprint density at radius 1 is 1.28 bits per heavy atom. The number of nitrogens with two attached hydrogens (primary N) is 1. The average molecular weight is 367 g/mol. The average Bonchev–Trinajstić information content (AvgIpc) is 2.61. The Balaban J connectivity index is 1.80. The lowest BCUT2D eigenvalue weighted by Crippen LogP contribution is -2.39. The summed E-state index contributed by atoms with van der Waals surface area (Å²) < 4.78 is 26.8. The van der Waals surface area contributed by atoms with Crippen LogP contribution in [0.25, 0.3) is 0 Å². The maximum absolute atomic E-state index is 12.6. The second-order valence-electron chi connectivity index (χ2n) is 7.00. The molecule has 0 saturated carbocycles. The van der Waals surface area contributed by atoms with Crippen molar-refractivity contribution in [3.63, 3.8) is 0 Å². The molecule has 140 valence electrons. The molecule has 25 heavy (non-hydrogen) atoms. The molecular formula is C18H30N4O2S. The van der Waals surface area contributed by atoms with Gasteiger partial charge in [-0.25, -0.2) is 8.42 Å². The summed E-state index contributed by atoms with van der Waals surface area (Å²) in [6.45, 7) is 6.91. The lowest BCUT2D eigenvalue weighted by molar-refractivity contribution is 0.279. The van der Waals surface area contributed by atoms with E-state index in [2.05, 4.69) is 24.2 Å². The molecule has 0 bridgehead atoms. The highest BCUT2D eigenvalue weighted by Crippen LogP contribution is 2.23. The zero-order chi connectivity index (χ0) is 18.3. The van der Waals surface area contributed by atoms with Gasteiger partial charge in [-0.2, -0.15) is 4.31 Å². The highest BCUT2D eigenvalue weighted by atomic mass is 32.2. The standard InChI is InChI=1S/C18H30N4O2S/c1-15(2)8-11-20-18(19)21-14-16-9-12-22(13-10-16)25(23,24)17-6-4-3-5-7-17/h3-7,15-16H,8-14H2,1-2H3,(H3,19,20,21). The Hall–Kier alpha value is -1.60. The van der Waals surface area contributed by atoms with Crippen LogP contribution in [0.3, 0.4) is 0 Å². The lowest BCUT2D eigenvalue weighted by Gasteiger charge is -2.30. The molecule has 1 fully saturated rings. The molecule has 0 spiro atoms. The summed E-state index contributed by atoms with van der Waals surface area (Å²) in [7, 11) is -3.38. The number of hydrogen-bond donors (Lipinski definition) is 2. The third-order valence-corrected chi connectivity index (χ3v) is 6.41. The molecule has 1 aromatic carbocycles. The van der Waals surface area contributed by atoms with Gasteiger partial charge < -0.3 is 11.1 Å². The van der Waals surface area contributed by atoms with E-state index < -0.39 is 10.0 Å². The number of hydrogen-bond acceptors (Lipinski definition) is 3. The predicted molar refractivity (Wildman–Crippen MR) is 102 cm³/mol. The third kappa shape index (κ3) is 6.01. The monoisotopic (exact) mass is 366 g/mol. The predicted octanol–water partition coefficient (Wildman–Crippen LogP) is 2.04. The molecule has 1 heterocycles. The van der Waals surface area contributed by atoms with Gasteiger partial charge in [0.05, 0.1) is 4.90 Å². The van der Waals surface area contributed by atoms with Crippen molar-refractivity contribution in [2.75, 3.05) is 26.2 Å². The zero-order valence-electron chi connectivity index (χ0n) is 15.2. The summed E-state index contributed by atoms with van der Waals surface area (Å²) >= 11 is 0. The lowest BCUT2D eigenvalue weighted by atomic mass is 9.98. The van der Waals surface area contributed by atoms with Crippen LogP contribution >= 0.6 is 0 Å². The molecular weight excluding hydrogens is 336 g/mol. The smallest absolute Gasteiger partial charge is 0.243 e. The maximum atomic E-state index is 12.6. The van der Waals surface area contributed by atoms with E-state index in [0.29, 0.717) is 42.3 Å². The molecule has 1 aliphatic rings. The van der Waals surface area contributed by atoms with Crippen molar-refractivity contribution >= 4 is 16.0 Å². The Morgan fingerprint density at radius 3 is 2.52 bits per heavy atom. The van der Waals surface area contributed by atoms with Crippen LogP contribution in [0, 0.1) is 11.8 Å². The third-order valence-electron chi connectivity index (χ3n) is 4.50. The van der Waals surface area contributed by atoms with Gasteiger partial charge in [-0.1, -0.05) is 32.0 Å². The van der Waals surface area contributed by atoms with Gasteiger partial charge >= 0.3 is 0 Å². The largest absolute Gasteiger partial charge is 0.370 e. The van der Waals surface area contributed by atoms with Gasteiger partial charge in [-0.05, 0) is 43.2 Å². The molecule has 2 rings (SSSR count). The zero-order valence-corrected chi connectivity index (χ0v) is 16.0. The maximum Gasteiger partial charge on any atom is 0.243 e. The van der Waals surface area contributed by atoms with Crippen LogP contribution in [-0.2, 0) is 10.0 Å². The fourth-order valence-electron chi connectivity index (χ4n) is 2.85. The molecule has 0 atom stereocenters. The molecule has 6 nitrogen and oxygen atoms in total. The fourth-order valence-corrected chi connectivity index (χ4v) is 4.34. The van der Waals surface area contributed by atoms with Gasteiger partial charge in [-0.15, -0.1) is 0 Å². The van der Waals surface area contributed by atoms with Crippen molar-refractivity contribution < 1.29 is 8.42 Å². The molecule has 0 amide bonds. The Morgan fingerprint density at radius 2 is 1.92 bits per heavy atom. The highest BCUT2D eigenvalue weighted by Gasteiger charge is 2.29. The van der Waals surface area contributed by atoms with Crippen LogP contribution in [0.5, 0.6) is 0 Å². The first kappa shape index (κ1) is 19.7. The SMILES string of the molecule is CC(C)CCNC(N)=NCC1CCN(S(=O)(=O)c2ccccc2)CC1. The van der Waals surface area contributed by atoms with Crippen molar-refractivity contribution in [1.82, 2.24) is 9.62 Å². The highest BCUT2D eigenvalue weighted by molar-refractivity contribution is 7.89. The number of nitrogens with one attached hydrogen (secondary N) is 1. The fraction of sp³-hybridized carbons (Fsp3) is 0.611. The second kappa shape index (κ2) is 9.20. The van der Waals surface area contributed by atoms with Gasteiger partial charge in [-0.3, -0.25) is 4.99 Å². The van der Waals surface area contributed by atoms with Crippen LogP contribution in [0.2, 0.25) is 0 Å². The van der Waals surface area contributed by atoms with E-state index >= 15 is 0 Å². The summed E-state index contributed by atoms with van der Waals surface area (Å²) in [4.78, 5) is 4.77. The molecule has 0 aromatic heterocycles. The molecule has 7 heteroatoms. The number of nitrogens with zero attached hydrogens (tertiary/aromatic N) is 2. The molecule has 1 saturated heterocycles. The van der Waals surface area contributed by atoms with Crippen LogP contribution in [0.1, 0.15) is 33.1 Å². The van der Waals surface area contributed by atoms with Crippen molar-refractivity contribution in [3.8, 4) is 0 Å². The molecule has 0 radical (unpaired) electrons. The minimum Gasteiger partial charge on any atom is -0.370 e. The Bertz CT molecular complexity index is 651.